The van der Waals surface area contributed by atoms with E-state index in [2.05, 4.69) is 135 Å². The first-order valence-corrected chi connectivity index (χ1v) is 42.7. The molecule has 0 saturated carbocycles. The Kier molecular flexibility index (Phi) is 77.9. The molecule has 582 valence electrons. The summed E-state index contributed by atoms with van der Waals surface area (Å²) in [4.78, 5) is 37.7. The number of likely N-dealkylation sites (N-methyl/N-ethyl adjacent to an activating group) is 1. The zero-order valence-corrected chi connectivity index (χ0v) is 66.8. The second-order valence-electron chi connectivity index (χ2n) is 29.7. The zero-order valence-electron chi connectivity index (χ0n) is 66.8. The first-order valence-electron chi connectivity index (χ1n) is 42.7. The lowest BCUT2D eigenvalue weighted by atomic mass is 10.0. The molecule has 0 aromatic carbocycles. The predicted molar refractivity (Wildman–Crippen MR) is 435 cm³/mol. The number of ether oxygens (including phenoxy) is 4. The number of rotatable bonds is 79. The molecular formula is C92H161NO8. The number of hydrogen-bond donors (Lipinski definition) is 0. The minimum Gasteiger partial charge on any atom is -0.545 e. The van der Waals surface area contributed by atoms with Crippen molar-refractivity contribution in [3.05, 3.63) is 122 Å². The number of carbonyl (C=O) groups excluding carboxylic acids is 3. The van der Waals surface area contributed by atoms with Gasteiger partial charge in [-0.3, -0.25) is 9.59 Å². The molecule has 0 rings (SSSR count). The second-order valence-corrected chi connectivity index (χ2v) is 29.7. The highest BCUT2D eigenvalue weighted by Crippen LogP contribution is 2.19. The fraction of sp³-hybridized carbons (Fsp3) is 0.750. The van der Waals surface area contributed by atoms with Crippen molar-refractivity contribution in [1.29, 1.82) is 0 Å². The number of nitrogens with zero attached hydrogens (tertiary/aromatic N) is 1. The highest BCUT2D eigenvalue weighted by atomic mass is 16.7. The third-order valence-electron chi connectivity index (χ3n) is 18.7. The minimum absolute atomic E-state index is 0.145. The van der Waals surface area contributed by atoms with Crippen LogP contribution in [0, 0.1) is 0 Å². The predicted octanol–water partition coefficient (Wildman–Crippen LogP) is 26.5. The fourth-order valence-electron chi connectivity index (χ4n) is 12.2. The van der Waals surface area contributed by atoms with E-state index in [0.29, 0.717) is 23.9 Å². The monoisotopic (exact) mass is 1410 g/mol. The second kappa shape index (κ2) is 81.4. The van der Waals surface area contributed by atoms with Crippen LogP contribution in [-0.2, 0) is 33.3 Å². The maximum absolute atomic E-state index is 13.0. The topological polar surface area (TPSA) is 111 Å². The van der Waals surface area contributed by atoms with Crippen molar-refractivity contribution >= 4 is 17.9 Å². The van der Waals surface area contributed by atoms with Crippen LogP contribution in [0.5, 0.6) is 0 Å². The van der Waals surface area contributed by atoms with Gasteiger partial charge in [0.05, 0.1) is 40.3 Å². The molecule has 2 unspecified atom stereocenters. The van der Waals surface area contributed by atoms with Gasteiger partial charge in [-0.25, -0.2) is 0 Å². The molecule has 101 heavy (non-hydrogen) atoms. The Labute approximate surface area is 625 Å². The molecule has 0 aromatic heterocycles. The zero-order chi connectivity index (χ0) is 73.2. The third-order valence-corrected chi connectivity index (χ3v) is 18.7. The summed E-state index contributed by atoms with van der Waals surface area (Å²) in [7, 11) is 5.94. The van der Waals surface area contributed by atoms with E-state index in [1.165, 1.54) is 257 Å². The van der Waals surface area contributed by atoms with Gasteiger partial charge >= 0.3 is 11.9 Å². The number of carbonyl (C=O) groups is 3. The Morgan fingerprint density at radius 3 is 0.842 bits per heavy atom. The molecule has 0 aliphatic heterocycles. The summed E-state index contributed by atoms with van der Waals surface area (Å²) >= 11 is 0. The molecule has 2 atom stereocenters. The quantitative estimate of drug-likeness (QED) is 0.0195. The van der Waals surface area contributed by atoms with E-state index in [0.717, 1.165) is 96.3 Å². The average molecular weight is 1410 g/mol. The van der Waals surface area contributed by atoms with Crippen LogP contribution in [0.2, 0.25) is 0 Å². The normalized spacial score (nSPS) is 13.2. The van der Waals surface area contributed by atoms with Crippen LogP contribution in [0.4, 0.5) is 0 Å². The van der Waals surface area contributed by atoms with Gasteiger partial charge in [0.15, 0.2) is 12.4 Å². The van der Waals surface area contributed by atoms with Crippen LogP contribution >= 0.6 is 0 Å². The van der Waals surface area contributed by atoms with Gasteiger partial charge in [-0.15, -0.1) is 0 Å². The van der Waals surface area contributed by atoms with Crippen molar-refractivity contribution in [3.8, 4) is 0 Å². The van der Waals surface area contributed by atoms with E-state index in [1.807, 2.05) is 21.1 Å². The van der Waals surface area contributed by atoms with Gasteiger partial charge in [0.1, 0.15) is 13.2 Å². The van der Waals surface area contributed by atoms with Crippen molar-refractivity contribution in [2.24, 2.45) is 0 Å². The molecule has 0 radical (unpaired) electrons. The van der Waals surface area contributed by atoms with Gasteiger partial charge in [-0.05, 0) is 109 Å². The maximum atomic E-state index is 13.0. The largest absolute Gasteiger partial charge is 0.545 e. The molecule has 9 nitrogen and oxygen atoms in total. The third kappa shape index (κ3) is 82.8. The number of hydrogen-bond acceptors (Lipinski definition) is 8. The van der Waals surface area contributed by atoms with Crippen molar-refractivity contribution in [3.63, 3.8) is 0 Å². The molecular weight excluding hydrogens is 1250 g/mol. The molecule has 0 aliphatic rings. The maximum Gasteiger partial charge on any atom is 0.306 e. The van der Waals surface area contributed by atoms with Gasteiger partial charge in [0.25, 0.3) is 0 Å². The molecule has 0 heterocycles. The summed E-state index contributed by atoms with van der Waals surface area (Å²) < 4.78 is 22.9. The van der Waals surface area contributed by atoms with Crippen LogP contribution in [0.1, 0.15) is 386 Å². The lowest BCUT2D eigenvalue weighted by Crippen LogP contribution is -2.44. The van der Waals surface area contributed by atoms with Gasteiger partial charge in [0.2, 0.25) is 0 Å². The van der Waals surface area contributed by atoms with E-state index >= 15 is 0 Å². The molecule has 0 fully saturated rings. The number of carboxylic acid groups (broad SMARTS) is 1. The van der Waals surface area contributed by atoms with Gasteiger partial charge in [-0.1, -0.05) is 386 Å². The summed E-state index contributed by atoms with van der Waals surface area (Å²) in [5.41, 5.74) is 0. The molecule has 9 heteroatoms. The highest BCUT2D eigenvalue weighted by Gasteiger charge is 2.22. The van der Waals surface area contributed by atoms with Gasteiger partial charge < -0.3 is 33.3 Å². The summed E-state index contributed by atoms with van der Waals surface area (Å²) in [6, 6.07) is 0. The van der Waals surface area contributed by atoms with Gasteiger partial charge in [0, 0.05) is 12.8 Å². The molecule has 0 N–H and O–H groups in total. The van der Waals surface area contributed by atoms with Crippen molar-refractivity contribution < 1.29 is 42.9 Å². The summed E-state index contributed by atoms with van der Waals surface area (Å²) in [6.07, 6.45) is 113. The van der Waals surface area contributed by atoms with E-state index in [4.69, 9.17) is 18.9 Å². The smallest absolute Gasteiger partial charge is 0.306 e. The van der Waals surface area contributed by atoms with Crippen molar-refractivity contribution in [2.75, 3.05) is 47.5 Å². The van der Waals surface area contributed by atoms with E-state index in [9.17, 15) is 19.5 Å². The first-order chi connectivity index (χ1) is 49.6. The summed E-state index contributed by atoms with van der Waals surface area (Å²) in [6.45, 7) is 4.66. The molecule has 0 saturated heterocycles. The molecule has 0 spiro atoms. The molecule has 0 bridgehead atoms. The van der Waals surface area contributed by atoms with E-state index in [1.54, 1.807) is 0 Å². The summed E-state index contributed by atoms with van der Waals surface area (Å²) in [5, 5.41) is 11.9. The Bertz CT molecular complexity index is 2090. The number of quaternary nitrogens is 1. The Morgan fingerprint density at radius 1 is 0.307 bits per heavy atom. The SMILES string of the molecule is CC/C=C\C/C=C\C/C=C\C/C=C\C/C=C\C/C=C\C/C=C\C/C=C\CCCCCCCCCCCCCCC(=O)OC(COC(=O)CCCCCCCCCCCCCCCCCCCCCCCCCCCCC/C=C\C/C=C\CCCCCCC)COC(OCC[N+](C)(C)C)C(=O)[O-]. The van der Waals surface area contributed by atoms with Crippen molar-refractivity contribution in [2.45, 2.75) is 399 Å². The van der Waals surface area contributed by atoms with Crippen LogP contribution in [0.15, 0.2) is 122 Å². The Balaban J connectivity index is 3.99. The van der Waals surface area contributed by atoms with Crippen LogP contribution < -0.4 is 5.11 Å². The number of allylic oxidation sites excluding steroid dienone is 20. The number of carboxylic acids is 1. The highest BCUT2D eigenvalue weighted by molar-refractivity contribution is 5.70. The average Bonchev–Trinajstić information content (AvgIpc) is 1.25. The summed E-state index contributed by atoms with van der Waals surface area (Å²) in [5.74, 6) is -2.27. The van der Waals surface area contributed by atoms with E-state index in [-0.39, 0.29) is 32.2 Å². The van der Waals surface area contributed by atoms with E-state index < -0.39 is 24.3 Å². The molecule has 0 amide bonds. The van der Waals surface area contributed by atoms with Gasteiger partial charge in [-0.2, -0.15) is 0 Å². The number of aliphatic carboxylic acids is 1. The fourth-order valence-corrected chi connectivity index (χ4v) is 12.2. The van der Waals surface area contributed by atoms with Crippen LogP contribution in [0.3, 0.4) is 0 Å². The lowest BCUT2D eigenvalue weighted by Gasteiger charge is -2.26. The minimum atomic E-state index is -1.63. The van der Waals surface area contributed by atoms with Crippen LogP contribution in [-0.4, -0.2) is 82.3 Å². The Morgan fingerprint density at radius 2 is 0.564 bits per heavy atom. The lowest BCUT2D eigenvalue weighted by molar-refractivity contribution is -0.870. The molecule has 0 aliphatic carbocycles. The number of esters is 2. The van der Waals surface area contributed by atoms with Crippen LogP contribution in [0.25, 0.3) is 0 Å². The Hall–Kier alpha value is -4.31. The van der Waals surface area contributed by atoms with Crippen molar-refractivity contribution in [1.82, 2.24) is 0 Å². The first kappa shape index (κ1) is 96.7. The molecule has 0 aromatic rings. The number of unbranched alkanes of at least 4 members (excludes halogenated alkanes) is 44. The standard InChI is InChI=1S/C92H161NO8/c1-6-8-10-12-14-16-18-20-22-24-26-28-30-32-34-36-38-40-42-44-45-47-48-50-52-54-56-58-60-62-64-66-68-70-72-74-76-78-80-82-89(94)99-86-88(87-100-92(91(96)97)98-85-84-93(3,4)5)101-90(95)83-81-79-77-75-73-71-69-67-65-63-61-59-57-55-53-51-49-46-43-41-39-37-35-33-31-29-27-25-23-21-19-17-15-13-11-9-7-2/h9,11,15,17-18,20-21,23-24,26-27,29,33,35,39,41,46,49,53,55,88,92H,6-8,10,12-14,16,19,22,25,28,30-32,34,36-38,40,42-45,47-48,50-52,54,56-87H2,1-5H3/b11-9-,17-15-,20-18-,23-21-,26-24-,29-27-,35-33-,41-39-,49-46-,55-53-.